The molecule has 1 saturated heterocycles. The standard InChI is InChI=1S/C29H31FN4O/c1-19(2)29-32-27(28(33-29)26-6-4-5-20(3)31-26)23-11-12-25(30)24(17-23)22-9-7-21(8-10-22)18-34-13-15-35-16-14-34/h4-12,17,19H,13-16,18H2,1-3H3,(H,32,33). The number of ether oxygens (including phenoxy) is 1. The Morgan fingerprint density at radius 2 is 1.71 bits per heavy atom. The van der Waals surface area contributed by atoms with Crippen LogP contribution in [0.2, 0.25) is 0 Å². The average molecular weight is 471 g/mol. The van der Waals surface area contributed by atoms with Crippen LogP contribution in [0.4, 0.5) is 4.39 Å². The number of nitrogens with one attached hydrogen (secondary N) is 1. The number of H-pyrrole nitrogens is 1. The van der Waals surface area contributed by atoms with E-state index in [2.05, 4.69) is 35.9 Å². The van der Waals surface area contributed by atoms with Gasteiger partial charge in [-0.25, -0.2) is 9.37 Å². The minimum atomic E-state index is -0.246. The van der Waals surface area contributed by atoms with E-state index in [1.165, 1.54) is 11.6 Å². The second kappa shape index (κ2) is 10.1. The zero-order valence-electron chi connectivity index (χ0n) is 20.5. The SMILES string of the molecule is Cc1cccc(-c2[nH]c(C(C)C)nc2-c2ccc(F)c(-c3ccc(CN4CCOCC4)cc3)c2)n1. The molecule has 2 aromatic heterocycles. The van der Waals surface area contributed by atoms with Gasteiger partial charge in [-0.2, -0.15) is 0 Å². The molecule has 4 aromatic rings. The largest absolute Gasteiger partial charge is 0.379 e. The van der Waals surface area contributed by atoms with Crippen LogP contribution >= 0.6 is 0 Å². The molecule has 3 heterocycles. The van der Waals surface area contributed by atoms with Gasteiger partial charge in [0, 0.05) is 42.4 Å². The van der Waals surface area contributed by atoms with Crippen molar-refractivity contribution in [3.05, 3.63) is 83.6 Å². The number of pyridine rings is 1. The monoisotopic (exact) mass is 470 g/mol. The first-order valence-corrected chi connectivity index (χ1v) is 12.2. The molecule has 180 valence electrons. The van der Waals surface area contributed by atoms with E-state index in [0.717, 1.165) is 72.6 Å². The van der Waals surface area contributed by atoms with E-state index in [9.17, 15) is 4.39 Å². The second-order valence-electron chi connectivity index (χ2n) is 9.44. The Hall–Kier alpha value is -3.35. The van der Waals surface area contributed by atoms with Gasteiger partial charge in [-0.3, -0.25) is 9.88 Å². The molecular formula is C29H31FN4O. The summed E-state index contributed by atoms with van der Waals surface area (Å²) in [5.41, 5.74) is 6.91. The summed E-state index contributed by atoms with van der Waals surface area (Å²) in [4.78, 5) is 15.4. The lowest BCUT2D eigenvalue weighted by atomic mass is 9.99. The summed E-state index contributed by atoms with van der Waals surface area (Å²) in [6, 6.07) is 19.4. The summed E-state index contributed by atoms with van der Waals surface area (Å²) < 4.78 is 20.4. The van der Waals surface area contributed by atoms with Gasteiger partial charge in [0.25, 0.3) is 0 Å². The molecule has 5 rings (SSSR count). The molecule has 0 spiro atoms. The van der Waals surface area contributed by atoms with Crippen molar-refractivity contribution in [1.82, 2.24) is 19.9 Å². The molecular weight excluding hydrogens is 439 g/mol. The first-order valence-electron chi connectivity index (χ1n) is 12.2. The summed E-state index contributed by atoms with van der Waals surface area (Å²) >= 11 is 0. The number of aryl methyl sites for hydroxylation is 1. The Morgan fingerprint density at radius 3 is 2.43 bits per heavy atom. The van der Waals surface area contributed by atoms with Crippen LogP contribution in [0.15, 0.2) is 60.7 Å². The van der Waals surface area contributed by atoms with Crippen LogP contribution in [-0.4, -0.2) is 46.2 Å². The van der Waals surface area contributed by atoms with Crippen molar-refractivity contribution in [2.75, 3.05) is 26.3 Å². The molecule has 0 bridgehead atoms. The number of aromatic nitrogens is 3. The fourth-order valence-corrected chi connectivity index (χ4v) is 4.44. The van der Waals surface area contributed by atoms with E-state index in [4.69, 9.17) is 14.7 Å². The lowest BCUT2D eigenvalue weighted by Gasteiger charge is -2.26. The van der Waals surface area contributed by atoms with Crippen LogP contribution in [-0.2, 0) is 11.3 Å². The van der Waals surface area contributed by atoms with Gasteiger partial charge in [0.05, 0.1) is 30.3 Å². The number of morpholine rings is 1. The minimum Gasteiger partial charge on any atom is -0.379 e. The number of benzene rings is 2. The summed E-state index contributed by atoms with van der Waals surface area (Å²) in [5, 5.41) is 0. The summed E-state index contributed by atoms with van der Waals surface area (Å²) in [7, 11) is 0. The van der Waals surface area contributed by atoms with E-state index in [1.807, 2.05) is 43.3 Å². The van der Waals surface area contributed by atoms with Gasteiger partial charge in [0.1, 0.15) is 11.6 Å². The van der Waals surface area contributed by atoms with Crippen molar-refractivity contribution in [3.63, 3.8) is 0 Å². The van der Waals surface area contributed by atoms with Gasteiger partial charge < -0.3 is 9.72 Å². The minimum absolute atomic E-state index is 0.228. The van der Waals surface area contributed by atoms with Gasteiger partial charge in [0.2, 0.25) is 0 Å². The first-order chi connectivity index (χ1) is 17.0. The molecule has 6 heteroatoms. The van der Waals surface area contributed by atoms with Crippen LogP contribution in [0, 0.1) is 12.7 Å². The van der Waals surface area contributed by atoms with E-state index in [1.54, 1.807) is 6.07 Å². The maximum absolute atomic E-state index is 15.0. The third-order valence-corrected chi connectivity index (χ3v) is 6.43. The average Bonchev–Trinajstić information content (AvgIpc) is 3.32. The van der Waals surface area contributed by atoms with Gasteiger partial charge in [-0.05, 0) is 48.4 Å². The highest BCUT2D eigenvalue weighted by Gasteiger charge is 2.19. The van der Waals surface area contributed by atoms with Crippen molar-refractivity contribution < 1.29 is 9.13 Å². The lowest BCUT2D eigenvalue weighted by Crippen LogP contribution is -2.35. The Labute approximate surface area is 206 Å². The topological polar surface area (TPSA) is 54.0 Å². The third kappa shape index (κ3) is 5.19. The number of aromatic amines is 1. The molecule has 5 nitrogen and oxygen atoms in total. The summed E-state index contributed by atoms with van der Waals surface area (Å²) in [6.45, 7) is 10.5. The molecule has 1 N–H and O–H groups in total. The summed E-state index contributed by atoms with van der Waals surface area (Å²) in [6.07, 6.45) is 0. The van der Waals surface area contributed by atoms with E-state index >= 15 is 0 Å². The molecule has 35 heavy (non-hydrogen) atoms. The van der Waals surface area contributed by atoms with Gasteiger partial charge in [0.15, 0.2) is 0 Å². The highest BCUT2D eigenvalue weighted by atomic mass is 19.1. The highest BCUT2D eigenvalue weighted by Crippen LogP contribution is 2.34. The lowest BCUT2D eigenvalue weighted by molar-refractivity contribution is 0.0342. The zero-order chi connectivity index (χ0) is 24.4. The Morgan fingerprint density at radius 1 is 0.971 bits per heavy atom. The smallest absolute Gasteiger partial charge is 0.131 e. The molecule has 0 amide bonds. The van der Waals surface area contributed by atoms with E-state index < -0.39 is 0 Å². The normalized spacial score (nSPS) is 14.5. The Balaban J connectivity index is 1.49. The predicted molar refractivity (Wildman–Crippen MR) is 138 cm³/mol. The highest BCUT2D eigenvalue weighted by molar-refractivity contribution is 5.80. The van der Waals surface area contributed by atoms with Crippen LogP contribution in [0.1, 0.15) is 36.8 Å². The molecule has 1 aliphatic heterocycles. The quantitative estimate of drug-likeness (QED) is 0.364. The number of imidazole rings is 1. The van der Waals surface area contributed by atoms with Crippen LogP contribution in [0.25, 0.3) is 33.8 Å². The van der Waals surface area contributed by atoms with Crippen LogP contribution in [0.5, 0.6) is 0 Å². The predicted octanol–water partition coefficient (Wildman–Crippen LogP) is 6.21. The fourth-order valence-electron chi connectivity index (χ4n) is 4.44. The van der Waals surface area contributed by atoms with Crippen molar-refractivity contribution in [1.29, 1.82) is 0 Å². The van der Waals surface area contributed by atoms with Crippen molar-refractivity contribution in [2.24, 2.45) is 0 Å². The molecule has 1 aliphatic rings. The Bertz CT molecular complexity index is 1310. The number of hydrogen-bond acceptors (Lipinski definition) is 4. The molecule has 0 unspecified atom stereocenters. The fraction of sp³-hybridized carbons (Fsp3) is 0.310. The number of hydrogen-bond donors (Lipinski definition) is 1. The van der Waals surface area contributed by atoms with Crippen LogP contribution < -0.4 is 0 Å². The molecule has 2 aromatic carbocycles. The number of nitrogens with zero attached hydrogens (tertiary/aromatic N) is 3. The maximum Gasteiger partial charge on any atom is 0.131 e. The third-order valence-electron chi connectivity index (χ3n) is 6.43. The van der Waals surface area contributed by atoms with Crippen molar-refractivity contribution in [3.8, 4) is 33.8 Å². The van der Waals surface area contributed by atoms with Crippen LogP contribution in [0.3, 0.4) is 0 Å². The second-order valence-corrected chi connectivity index (χ2v) is 9.44. The zero-order valence-corrected chi connectivity index (χ0v) is 20.5. The molecule has 0 aliphatic carbocycles. The number of halogens is 1. The summed E-state index contributed by atoms with van der Waals surface area (Å²) in [5.74, 6) is 0.868. The maximum atomic E-state index is 15.0. The van der Waals surface area contributed by atoms with Crippen molar-refractivity contribution in [2.45, 2.75) is 33.2 Å². The molecule has 0 radical (unpaired) electrons. The first kappa shape index (κ1) is 23.4. The number of rotatable bonds is 6. The molecule has 1 fully saturated rings. The van der Waals surface area contributed by atoms with Crippen molar-refractivity contribution >= 4 is 0 Å². The van der Waals surface area contributed by atoms with Gasteiger partial charge >= 0.3 is 0 Å². The Kier molecular flexibility index (Phi) is 6.75. The molecule has 0 saturated carbocycles. The van der Waals surface area contributed by atoms with E-state index in [-0.39, 0.29) is 11.7 Å². The van der Waals surface area contributed by atoms with E-state index in [0.29, 0.717) is 5.56 Å². The van der Waals surface area contributed by atoms with Gasteiger partial charge in [-0.15, -0.1) is 0 Å². The molecule has 0 atom stereocenters. The van der Waals surface area contributed by atoms with Gasteiger partial charge in [-0.1, -0.05) is 44.2 Å².